The van der Waals surface area contributed by atoms with Gasteiger partial charge in [-0.2, -0.15) is 0 Å². The van der Waals surface area contributed by atoms with Gasteiger partial charge >= 0.3 is 17.1 Å². The topological polar surface area (TPSA) is 55.4 Å². The second kappa shape index (κ2) is 7.26. The van der Waals surface area contributed by atoms with Gasteiger partial charge in [-0.25, -0.2) is 0 Å². The molecule has 122 valence electrons. The predicted molar refractivity (Wildman–Crippen MR) is 88.2 cm³/mol. The van der Waals surface area contributed by atoms with Gasteiger partial charge in [-0.3, -0.25) is 27.5 Å². The lowest BCUT2D eigenvalue weighted by Crippen LogP contribution is -2.51. The Labute approximate surface area is 127 Å². The van der Waals surface area contributed by atoms with Crippen molar-refractivity contribution in [2.24, 2.45) is 0 Å². The summed E-state index contributed by atoms with van der Waals surface area (Å²) in [5, 5.41) is 0. The molecule has 1 saturated heterocycles. The van der Waals surface area contributed by atoms with Gasteiger partial charge in [0.1, 0.15) is 0 Å². The van der Waals surface area contributed by atoms with Crippen LogP contribution in [0.5, 0.6) is 0 Å². The molecule has 1 heterocycles. The molecule has 1 rings (SSSR count). The van der Waals surface area contributed by atoms with Crippen LogP contribution in [0.15, 0.2) is 0 Å². The Morgan fingerprint density at radius 3 is 0.900 bits per heavy atom. The Morgan fingerprint density at radius 1 is 0.550 bits per heavy atom. The van der Waals surface area contributed by atoms with Gasteiger partial charge in [-0.1, -0.05) is 0 Å². The van der Waals surface area contributed by atoms with Crippen LogP contribution >= 0.6 is 0 Å². The molecule has 6 nitrogen and oxygen atoms in total. The van der Waals surface area contributed by atoms with Crippen molar-refractivity contribution in [3.8, 4) is 0 Å². The van der Waals surface area contributed by atoms with Crippen LogP contribution in [-0.4, -0.2) is 33.8 Å². The highest BCUT2D eigenvalue weighted by Crippen LogP contribution is 2.21. The van der Waals surface area contributed by atoms with Gasteiger partial charge in [0.2, 0.25) is 16.6 Å². The Kier molecular flexibility index (Phi) is 7.49. The predicted octanol–water partition coefficient (Wildman–Crippen LogP) is 3.90. The zero-order valence-corrected chi connectivity index (χ0v) is 18.4. The summed E-state index contributed by atoms with van der Waals surface area (Å²) in [6, 6.07) is 0. The van der Waals surface area contributed by atoms with Crippen molar-refractivity contribution >= 4 is 33.8 Å². The molecular weight excluding hydrogens is 328 g/mol. The first-order chi connectivity index (χ1) is 8.62. The first-order valence-electron chi connectivity index (χ1n) is 6.72. The molecule has 0 atom stereocenters. The fourth-order valence-corrected chi connectivity index (χ4v) is 5.95. The number of rotatable bonds is 3. The van der Waals surface area contributed by atoms with E-state index in [1.54, 1.807) is 0 Å². The second-order valence-corrected chi connectivity index (χ2v) is 22.6. The summed E-state index contributed by atoms with van der Waals surface area (Å²) in [6.07, 6.45) is 0. The van der Waals surface area contributed by atoms with Gasteiger partial charge in [0.05, 0.1) is 0 Å². The average Bonchev–Trinajstić information content (AvgIpc) is 2.20. The van der Waals surface area contributed by atoms with Gasteiger partial charge < -0.3 is 0 Å². The minimum atomic E-state index is -2.09. The van der Waals surface area contributed by atoms with Crippen LogP contribution in [0.4, 0.5) is 0 Å². The lowest BCUT2D eigenvalue weighted by atomic mass is 11.8. The van der Waals surface area contributed by atoms with Crippen LogP contribution in [0.25, 0.3) is 0 Å². The van der Waals surface area contributed by atoms with Crippen molar-refractivity contribution in [1.82, 2.24) is 0 Å². The standard InChI is InChI=1S/C6H18O2Si2.C4H12O4Si2/c1-9(2,3)7-8-10(4,5)6;1-9(2)5-7-10(3,4)8-6-9/h1-6H3;1-4H3. The minimum absolute atomic E-state index is 1.45. The van der Waals surface area contributed by atoms with Crippen LogP contribution < -0.4 is 0 Å². The van der Waals surface area contributed by atoms with E-state index in [9.17, 15) is 0 Å². The minimum Gasteiger partial charge on any atom is -0.298 e. The van der Waals surface area contributed by atoms with Crippen molar-refractivity contribution in [3.63, 3.8) is 0 Å². The van der Waals surface area contributed by atoms with Crippen molar-refractivity contribution in [2.45, 2.75) is 65.5 Å². The van der Waals surface area contributed by atoms with E-state index in [2.05, 4.69) is 39.3 Å². The molecule has 0 aromatic rings. The lowest BCUT2D eigenvalue weighted by Gasteiger charge is -2.33. The van der Waals surface area contributed by atoms with E-state index in [0.29, 0.717) is 0 Å². The van der Waals surface area contributed by atoms with Gasteiger partial charge in [0.25, 0.3) is 0 Å². The zero-order chi connectivity index (χ0) is 16.2. The molecule has 0 saturated carbocycles. The molecule has 1 fully saturated rings. The van der Waals surface area contributed by atoms with Crippen LogP contribution in [0, 0.1) is 0 Å². The van der Waals surface area contributed by atoms with Gasteiger partial charge in [-0.05, 0) is 65.5 Å². The highest BCUT2D eigenvalue weighted by atomic mass is 28.4. The Hall–Kier alpha value is 0.628. The molecule has 0 aromatic carbocycles. The van der Waals surface area contributed by atoms with Crippen LogP contribution in [0.2, 0.25) is 65.5 Å². The Balaban J connectivity index is 0.000000361. The molecule has 0 bridgehead atoms. The van der Waals surface area contributed by atoms with E-state index in [-0.39, 0.29) is 0 Å². The van der Waals surface area contributed by atoms with Gasteiger partial charge in [0.15, 0.2) is 0 Å². The monoisotopic (exact) mass is 358 g/mol. The maximum atomic E-state index is 5.29. The first kappa shape index (κ1) is 20.6. The molecule has 0 N–H and O–H groups in total. The summed E-state index contributed by atoms with van der Waals surface area (Å²) in [7, 11) is -7.09. The molecule has 0 unspecified atom stereocenters. The van der Waals surface area contributed by atoms with E-state index in [4.69, 9.17) is 27.5 Å². The third kappa shape index (κ3) is 12.4. The molecular formula is C10H30O6Si4. The number of hydrogen-bond donors (Lipinski definition) is 0. The highest BCUT2D eigenvalue weighted by molar-refractivity contribution is 6.72. The van der Waals surface area contributed by atoms with E-state index in [0.717, 1.165) is 0 Å². The fourth-order valence-electron chi connectivity index (χ4n) is 0.679. The van der Waals surface area contributed by atoms with Crippen molar-refractivity contribution in [1.29, 1.82) is 0 Å². The van der Waals surface area contributed by atoms with Gasteiger partial charge in [-0.15, -0.1) is 0 Å². The molecule has 1 aliphatic rings. The molecule has 0 aromatic heterocycles. The van der Waals surface area contributed by atoms with Crippen LogP contribution in [0.1, 0.15) is 0 Å². The van der Waals surface area contributed by atoms with Crippen molar-refractivity contribution < 1.29 is 27.5 Å². The summed E-state index contributed by atoms with van der Waals surface area (Å²) in [5.41, 5.74) is 0. The number of hydrogen-bond acceptors (Lipinski definition) is 6. The van der Waals surface area contributed by atoms with E-state index in [1.807, 2.05) is 26.2 Å². The lowest BCUT2D eigenvalue weighted by molar-refractivity contribution is -0.287. The van der Waals surface area contributed by atoms with E-state index >= 15 is 0 Å². The third-order valence-corrected chi connectivity index (χ3v) is 5.03. The maximum Gasteiger partial charge on any atom is 0.400 e. The molecule has 0 radical (unpaired) electrons. The average molecular weight is 359 g/mol. The summed E-state index contributed by atoms with van der Waals surface area (Å²) in [5.74, 6) is 0. The Morgan fingerprint density at radius 2 is 0.750 bits per heavy atom. The summed E-state index contributed by atoms with van der Waals surface area (Å²) < 4.78 is 30.7. The summed E-state index contributed by atoms with van der Waals surface area (Å²) in [4.78, 5) is 0. The second-order valence-electron chi connectivity index (χ2n) is 7.52. The maximum absolute atomic E-state index is 5.29. The van der Waals surface area contributed by atoms with E-state index in [1.165, 1.54) is 0 Å². The molecule has 0 spiro atoms. The SMILES string of the molecule is C[Si](C)(C)OO[Si](C)(C)C.C[Si]1(C)OO[Si](C)(C)OO1. The normalized spacial score (nSPS) is 21.9. The zero-order valence-electron chi connectivity index (χ0n) is 14.4. The smallest absolute Gasteiger partial charge is 0.298 e. The third-order valence-electron chi connectivity index (χ3n) is 1.43. The van der Waals surface area contributed by atoms with Crippen LogP contribution in [0.3, 0.4) is 0 Å². The fraction of sp³-hybridized carbons (Fsp3) is 1.00. The molecule has 0 aliphatic carbocycles. The quantitative estimate of drug-likeness (QED) is 0.433. The van der Waals surface area contributed by atoms with Crippen LogP contribution in [-0.2, 0) is 27.5 Å². The van der Waals surface area contributed by atoms with Gasteiger partial charge in [0, 0.05) is 0 Å². The van der Waals surface area contributed by atoms with Crippen molar-refractivity contribution in [2.75, 3.05) is 0 Å². The molecule has 10 heteroatoms. The van der Waals surface area contributed by atoms with Crippen molar-refractivity contribution in [3.05, 3.63) is 0 Å². The molecule has 20 heavy (non-hydrogen) atoms. The Bertz CT molecular complexity index is 255. The largest absolute Gasteiger partial charge is 0.400 e. The summed E-state index contributed by atoms with van der Waals surface area (Å²) >= 11 is 0. The molecule has 0 amide bonds. The first-order valence-corrected chi connectivity index (χ1v) is 19.2. The highest BCUT2D eigenvalue weighted by Gasteiger charge is 2.42. The molecule has 1 aliphatic heterocycles. The summed E-state index contributed by atoms with van der Waals surface area (Å²) in [6.45, 7) is 20.1. The van der Waals surface area contributed by atoms with E-state index < -0.39 is 33.8 Å².